The monoisotopic (exact) mass is 440 g/mol. The zero-order valence-electron chi connectivity index (χ0n) is 16.4. The Morgan fingerprint density at radius 2 is 1.80 bits per heavy atom. The van der Waals surface area contributed by atoms with Gasteiger partial charge in [-0.3, -0.25) is 4.79 Å². The van der Waals surface area contributed by atoms with Crippen LogP contribution in [0.2, 0.25) is 10.0 Å². The van der Waals surface area contributed by atoms with E-state index in [-0.39, 0.29) is 12.0 Å². The Hall–Kier alpha value is -2.95. The topological polar surface area (TPSA) is 48.7 Å². The van der Waals surface area contributed by atoms with Crippen LogP contribution in [0.25, 0.3) is 22.1 Å². The van der Waals surface area contributed by atoms with Crippen molar-refractivity contribution in [3.05, 3.63) is 92.3 Å². The molecule has 0 aliphatic carbocycles. The Morgan fingerprint density at radius 3 is 2.57 bits per heavy atom. The zero-order chi connectivity index (χ0) is 21.3. The number of aryl methyl sites for hydroxylation is 1. The first kappa shape index (κ1) is 20.3. The highest BCUT2D eigenvalue weighted by Crippen LogP contribution is 2.32. The van der Waals surface area contributed by atoms with Gasteiger partial charge < -0.3 is 13.9 Å². The van der Waals surface area contributed by atoms with Crippen molar-refractivity contribution < 1.29 is 13.9 Å². The third-order valence-electron chi connectivity index (χ3n) is 4.83. The lowest BCUT2D eigenvalue weighted by Crippen LogP contribution is -2.08. The largest absolute Gasteiger partial charge is 0.496 e. The minimum Gasteiger partial charge on any atom is -0.496 e. The molecule has 4 nitrogen and oxygen atoms in total. The molecule has 0 spiro atoms. The smallest absolute Gasteiger partial charge is 0.200 e. The van der Waals surface area contributed by atoms with Crippen LogP contribution in [0.5, 0.6) is 11.5 Å². The highest BCUT2D eigenvalue weighted by Gasteiger charge is 2.17. The molecule has 4 rings (SSSR count). The van der Waals surface area contributed by atoms with Gasteiger partial charge in [-0.15, -0.1) is 0 Å². The Labute approximate surface area is 183 Å². The van der Waals surface area contributed by atoms with Crippen LogP contribution in [0.3, 0.4) is 0 Å². The fourth-order valence-electron chi connectivity index (χ4n) is 3.34. The summed E-state index contributed by atoms with van der Waals surface area (Å²) in [4.78, 5) is 13.2. The van der Waals surface area contributed by atoms with Gasteiger partial charge in [0.15, 0.2) is 0 Å². The van der Waals surface area contributed by atoms with Gasteiger partial charge >= 0.3 is 0 Å². The van der Waals surface area contributed by atoms with Crippen molar-refractivity contribution in [3.8, 4) is 22.6 Å². The normalized spacial score (nSPS) is 10.9. The number of hydrogen-bond donors (Lipinski definition) is 0. The second kappa shape index (κ2) is 8.42. The fourth-order valence-corrected chi connectivity index (χ4v) is 3.80. The van der Waals surface area contributed by atoms with Gasteiger partial charge in [0.25, 0.3) is 0 Å². The van der Waals surface area contributed by atoms with Gasteiger partial charge in [0, 0.05) is 27.2 Å². The molecule has 0 atom stereocenters. The average molecular weight is 441 g/mol. The van der Waals surface area contributed by atoms with Crippen LogP contribution in [-0.2, 0) is 6.61 Å². The average Bonchev–Trinajstić information content (AvgIpc) is 2.73. The van der Waals surface area contributed by atoms with Crippen molar-refractivity contribution in [1.29, 1.82) is 0 Å². The summed E-state index contributed by atoms with van der Waals surface area (Å²) in [5.41, 5.74) is 2.33. The van der Waals surface area contributed by atoms with Crippen molar-refractivity contribution in [3.63, 3.8) is 0 Å². The number of fused-ring (bicyclic) bond motifs is 1. The van der Waals surface area contributed by atoms with Gasteiger partial charge in [-0.2, -0.15) is 0 Å². The number of halogens is 2. The Balaban J connectivity index is 1.70. The number of hydrogen-bond acceptors (Lipinski definition) is 4. The van der Waals surface area contributed by atoms with E-state index in [2.05, 4.69) is 0 Å². The molecule has 0 aliphatic heterocycles. The summed E-state index contributed by atoms with van der Waals surface area (Å²) in [5.74, 6) is 1.70. The first-order valence-corrected chi connectivity index (χ1v) is 10.0. The van der Waals surface area contributed by atoms with Gasteiger partial charge in [0.2, 0.25) is 5.43 Å². The Morgan fingerprint density at radius 1 is 1.00 bits per heavy atom. The maximum Gasteiger partial charge on any atom is 0.200 e. The van der Waals surface area contributed by atoms with Crippen molar-refractivity contribution in [2.24, 2.45) is 0 Å². The molecule has 0 N–H and O–H groups in total. The van der Waals surface area contributed by atoms with Gasteiger partial charge in [0.05, 0.1) is 18.1 Å². The third kappa shape index (κ3) is 3.89. The van der Waals surface area contributed by atoms with E-state index in [0.717, 1.165) is 5.56 Å². The van der Waals surface area contributed by atoms with Crippen LogP contribution < -0.4 is 14.9 Å². The summed E-state index contributed by atoms with van der Waals surface area (Å²) in [6, 6.07) is 17.8. The molecular formula is C24H18Cl2O4. The fraction of sp³-hybridized carbons (Fsp3) is 0.125. The Bertz CT molecular complexity index is 1290. The van der Waals surface area contributed by atoms with Gasteiger partial charge in [-0.25, -0.2) is 0 Å². The molecular weight excluding hydrogens is 423 g/mol. The predicted molar refractivity (Wildman–Crippen MR) is 120 cm³/mol. The van der Waals surface area contributed by atoms with Crippen LogP contribution >= 0.6 is 23.2 Å². The minimum atomic E-state index is -0.120. The van der Waals surface area contributed by atoms with E-state index in [9.17, 15) is 4.79 Å². The SMILES string of the molecule is COc1ccccc1-c1c(C)oc2cc(OCc3ccc(Cl)cc3Cl)ccc2c1=O. The molecule has 0 amide bonds. The molecule has 1 heterocycles. The molecule has 4 aromatic rings. The summed E-state index contributed by atoms with van der Waals surface area (Å²) in [6.07, 6.45) is 0. The molecule has 30 heavy (non-hydrogen) atoms. The first-order chi connectivity index (χ1) is 14.5. The number of methoxy groups -OCH3 is 1. The summed E-state index contributed by atoms with van der Waals surface area (Å²) < 4.78 is 17.2. The van der Waals surface area contributed by atoms with E-state index < -0.39 is 0 Å². The van der Waals surface area contributed by atoms with E-state index in [1.807, 2.05) is 30.3 Å². The number of benzene rings is 3. The minimum absolute atomic E-state index is 0.120. The van der Waals surface area contributed by atoms with E-state index in [1.165, 1.54) is 0 Å². The lowest BCUT2D eigenvalue weighted by molar-refractivity contribution is 0.306. The molecule has 1 aromatic heterocycles. The highest BCUT2D eigenvalue weighted by molar-refractivity contribution is 6.35. The van der Waals surface area contributed by atoms with Crippen LogP contribution in [0.15, 0.2) is 69.9 Å². The van der Waals surface area contributed by atoms with Crippen LogP contribution in [-0.4, -0.2) is 7.11 Å². The van der Waals surface area contributed by atoms with E-state index >= 15 is 0 Å². The van der Waals surface area contributed by atoms with Crippen LogP contribution in [0.1, 0.15) is 11.3 Å². The van der Waals surface area contributed by atoms with E-state index in [1.54, 1.807) is 44.4 Å². The number of rotatable bonds is 5. The first-order valence-electron chi connectivity index (χ1n) is 9.25. The molecule has 0 aliphatic rings. The summed E-state index contributed by atoms with van der Waals surface area (Å²) in [6.45, 7) is 2.04. The number of ether oxygens (including phenoxy) is 2. The van der Waals surface area contributed by atoms with Crippen molar-refractivity contribution in [2.45, 2.75) is 13.5 Å². The molecule has 0 saturated heterocycles. The van der Waals surface area contributed by atoms with Crippen molar-refractivity contribution in [2.75, 3.05) is 7.11 Å². The maximum atomic E-state index is 13.2. The van der Waals surface area contributed by atoms with Gasteiger partial charge in [0.1, 0.15) is 29.4 Å². The molecule has 0 bridgehead atoms. The molecule has 152 valence electrons. The molecule has 0 unspecified atom stereocenters. The predicted octanol–water partition coefficient (Wildman–Crippen LogP) is 6.66. The lowest BCUT2D eigenvalue weighted by Gasteiger charge is -2.12. The molecule has 0 fully saturated rings. The summed E-state index contributed by atoms with van der Waals surface area (Å²) >= 11 is 12.1. The second-order valence-electron chi connectivity index (χ2n) is 6.75. The Kier molecular flexibility index (Phi) is 5.71. The van der Waals surface area contributed by atoms with Gasteiger partial charge in [-0.1, -0.05) is 47.5 Å². The lowest BCUT2D eigenvalue weighted by atomic mass is 10.0. The highest BCUT2D eigenvalue weighted by atomic mass is 35.5. The van der Waals surface area contributed by atoms with Crippen LogP contribution in [0, 0.1) is 6.92 Å². The number of para-hydroxylation sites is 1. The summed E-state index contributed by atoms with van der Waals surface area (Å²) in [5, 5.41) is 1.57. The van der Waals surface area contributed by atoms with Gasteiger partial charge in [-0.05, 0) is 37.3 Å². The molecule has 0 radical (unpaired) electrons. The van der Waals surface area contributed by atoms with Crippen LogP contribution in [0.4, 0.5) is 0 Å². The molecule has 6 heteroatoms. The van der Waals surface area contributed by atoms with Crippen molar-refractivity contribution in [1.82, 2.24) is 0 Å². The molecule has 3 aromatic carbocycles. The third-order valence-corrected chi connectivity index (χ3v) is 5.41. The zero-order valence-corrected chi connectivity index (χ0v) is 17.9. The second-order valence-corrected chi connectivity index (χ2v) is 7.59. The summed E-state index contributed by atoms with van der Waals surface area (Å²) in [7, 11) is 1.58. The standard InChI is InChI=1S/C24H18Cl2O4/c1-14-23(18-5-3-4-6-21(18)28-2)24(27)19-10-9-17(12-22(19)30-14)29-13-15-7-8-16(25)11-20(15)26/h3-12H,13H2,1-2H3. The maximum absolute atomic E-state index is 13.2. The molecule has 0 saturated carbocycles. The van der Waals surface area contributed by atoms with Crippen molar-refractivity contribution >= 4 is 34.2 Å². The van der Waals surface area contributed by atoms with E-state index in [4.69, 9.17) is 37.1 Å². The quantitative estimate of drug-likeness (QED) is 0.347. The van der Waals surface area contributed by atoms with E-state index in [0.29, 0.717) is 49.4 Å².